The summed E-state index contributed by atoms with van der Waals surface area (Å²) < 4.78 is 38.0. The number of aliphatic hydroxyl groups is 1. The first-order valence-corrected chi connectivity index (χ1v) is 9.58. The Morgan fingerprint density at radius 3 is 2.76 bits per heavy atom. The second kappa shape index (κ2) is 8.29. The molecule has 0 saturated heterocycles. The number of rotatable bonds is 6. The number of benzene rings is 1. The maximum absolute atomic E-state index is 12.2. The van der Waals surface area contributed by atoms with Crippen LogP contribution in [0.5, 0.6) is 0 Å². The monoisotopic (exact) mass is 329 g/mol. The molecule has 0 aliphatic heterocycles. The van der Waals surface area contributed by atoms with Crippen LogP contribution in [0.3, 0.4) is 0 Å². The van der Waals surface area contributed by atoms with E-state index >= 15 is 0 Å². The second-order valence-electron chi connectivity index (χ2n) is 4.57. The summed E-state index contributed by atoms with van der Waals surface area (Å²) in [6, 6.07) is 5.86. The highest BCUT2D eigenvalue weighted by molar-refractivity contribution is 7.89. The molecule has 0 spiro atoms. The quantitative estimate of drug-likeness (QED) is 0.743. The molecule has 0 heterocycles. The third-order valence-corrected chi connectivity index (χ3v) is 5.01. The van der Waals surface area contributed by atoms with Gasteiger partial charge in [-0.2, -0.15) is 0 Å². The van der Waals surface area contributed by atoms with E-state index in [0.29, 0.717) is 12.0 Å². The van der Waals surface area contributed by atoms with Crippen molar-refractivity contribution in [3.8, 4) is 11.8 Å². The predicted molar refractivity (Wildman–Crippen MR) is 83.7 cm³/mol. The zero-order valence-corrected chi connectivity index (χ0v) is 13.6. The molecule has 2 unspecified atom stereocenters. The Kier molecular flexibility index (Phi) is 7.05. The van der Waals surface area contributed by atoms with Crippen molar-refractivity contribution in [3.63, 3.8) is 0 Å². The van der Waals surface area contributed by atoms with Crippen LogP contribution in [-0.2, 0) is 20.8 Å². The largest absolute Gasteiger partial charge is 0.395 e. The van der Waals surface area contributed by atoms with Crippen molar-refractivity contribution in [1.29, 1.82) is 0 Å². The molecule has 0 saturated carbocycles. The third kappa shape index (κ3) is 6.40. The van der Waals surface area contributed by atoms with Crippen LogP contribution in [0.4, 0.5) is 0 Å². The smallest absolute Gasteiger partial charge is 0.240 e. The van der Waals surface area contributed by atoms with Gasteiger partial charge in [-0.15, -0.1) is 0 Å². The average molecular weight is 329 g/mol. The van der Waals surface area contributed by atoms with Crippen molar-refractivity contribution < 1.29 is 17.7 Å². The van der Waals surface area contributed by atoms with Crippen molar-refractivity contribution >= 4 is 20.8 Å². The normalized spacial score (nSPS) is 14.0. The van der Waals surface area contributed by atoms with E-state index in [1.54, 1.807) is 19.1 Å². The van der Waals surface area contributed by atoms with Gasteiger partial charge in [-0.05, 0) is 25.1 Å². The van der Waals surface area contributed by atoms with Gasteiger partial charge in [0.2, 0.25) is 10.0 Å². The first-order chi connectivity index (χ1) is 9.85. The highest BCUT2D eigenvalue weighted by atomic mass is 32.2. The van der Waals surface area contributed by atoms with E-state index < -0.39 is 26.9 Å². The van der Waals surface area contributed by atoms with Crippen LogP contribution in [-0.4, -0.2) is 42.4 Å². The molecule has 116 valence electrons. The molecule has 0 aromatic heterocycles. The van der Waals surface area contributed by atoms with Gasteiger partial charge in [0.1, 0.15) is 0 Å². The number of aliphatic hydroxyl groups excluding tert-OH is 1. The Hall–Kier alpha value is -1.20. The third-order valence-electron chi connectivity index (χ3n) is 2.45. The van der Waals surface area contributed by atoms with Crippen molar-refractivity contribution in [1.82, 2.24) is 4.72 Å². The Morgan fingerprint density at radius 1 is 1.43 bits per heavy atom. The van der Waals surface area contributed by atoms with Gasteiger partial charge in [-0.1, -0.05) is 17.9 Å². The lowest BCUT2D eigenvalue weighted by Gasteiger charge is -2.13. The Bertz CT molecular complexity index is 659. The molecule has 0 amide bonds. The summed E-state index contributed by atoms with van der Waals surface area (Å²) in [5, 5.41) is 8.67. The minimum Gasteiger partial charge on any atom is -0.395 e. The molecular weight excluding hydrogens is 310 g/mol. The minimum absolute atomic E-state index is 0.0295. The fraction of sp³-hybridized carbons (Fsp3) is 0.429. The summed E-state index contributed by atoms with van der Waals surface area (Å²) in [6.45, 7) is 1.64. The van der Waals surface area contributed by atoms with Crippen LogP contribution in [0.25, 0.3) is 0 Å². The van der Waals surface area contributed by atoms with E-state index in [1.165, 1.54) is 18.4 Å². The fourth-order valence-corrected chi connectivity index (χ4v) is 3.86. The minimum atomic E-state index is -3.66. The summed E-state index contributed by atoms with van der Waals surface area (Å²) in [4.78, 5) is 0.118. The molecule has 21 heavy (non-hydrogen) atoms. The van der Waals surface area contributed by atoms with Crippen LogP contribution in [0, 0.1) is 11.8 Å². The lowest BCUT2D eigenvalue weighted by atomic mass is 10.2. The molecule has 0 aliphatic carbocycles. The summed E-state index contributed by atoms with van der Waals surface area (Å²) >= 11 is 0. The zero-order chi connectivity index (χ0) is 15.9. The summed E-state index contributed by atoms with van der Waals surface area (Å²) in [5.41, 5.74) is 0.568. The zero-order valence-electron chi connectivity index (χ0n) is 12.0. The number of sulfonamides is 1. The highest BCUT2D eigenvalue weighted by Crippen LogP contribution is 2.11. The van der Waals surface area contributed by atoms with Gasteiger partial charge in [0.15, 0.2) is 0 Å². The number of hydrogen-bond acceptors (Lipinski definition) is 4. The first kappa shape index (κ1) is 17.9. The Balaban J connectivity index is 2.91. The van der Waals surface area contributed by atoms with Gasteiger partial charge in [0.05, 0.1) is 11.5 Å². The Morgan fingerprint density at radius 2 is 2.14 bits per heavy atom. The van der Waals surface area contributed by atoms with E-state index in [4.69, 9.17) is 5.11 Å². The van der Waals surface area contributed by atoms with Gasteiger partial charge < -0.3 is 5.11 Å². The molecule has 1 aromatic rings. The van der Waals surface area contributed by atoms with Gasteiger partial charge in [-0.25, -0.2) is 13.1 Å². The van der Waals surface area contributed by atoms with Crippen LogP contribution in [0.15, 0.2) is 29.2 Å². The number of nitrogens with one attached hydrogen (secondary N) is 1. The average Bonchev–Trinajstić information content (AvgIpc) is 2.37. The van der Waals surface area contributed by atoms with Gasteiger partial charge in [0, 0.05) is 40.8 Å². The number of hydrogen-bond donors (Lipinski definition) is 2. The van der Waals surface area contributed by atoms with Crippen LogP contribution in [0.1, 0.15) is 18.9 Å². The van der Waals surface area contributed by atoms with E-state index in [9.17, 15) is 12.6 Å². The molecule has 0 fully saturated rings. The molecular formula is C14H19NO4S2. The van der Waals surface area contributed by atoms with E-state index in [-0.39, 0.29) is 17.3 Å². The summed E-state index contributed by atoms with van der Waals surface area (Å²) in [6.07, 6.45) is 1.87. The van der Waals surface area contributed by atoms with Gasteiger partial charge in [0.25, 0.3) is 0 Å². The van der Waals surface area contributed by atoms with Gasteiger partial charge >= 0.3 is 0 Å². The second-order valence-corrected chi connectivity index (χ2v) is 7.76. The maximum atomic E-state index is 12.2. The lowest BCUT2D eigenvalue weighted by Crippen LogP contribution is -2.36. The predicted octanol–water partition coefficient (Wildman–Crippen LogP) is 0.466. The summed E-state index contributed by atoms with van der Waals surface area (Å²) in [7, 11) is -4.73. The van der Waals surface area contributed by atoms with Crippen molar-refractivity contribution in [2.75, 3.05) is 18.6 Å². The molecule has 5 nitrogen and oxygen atoms in total. The van der Waals surface area contributed by atoms with Crippen molar-refractivity contribution in [3.05, 3.63) is 29.8 Å². The van der Waals surface area contributed by atoms with Crippen LogP contribution < -0.4 is 4.72 Å². The molecule has 0 radical (unpaired) electrons. The first-order valence-electron chi connectivity index (χ1n) is 6.37. The maximum Gasteiger partial charge on any atom is 0.240 e. The summed E-state index contributed by atoms with van der Waals surface area (Å²) in [5.74, 6) is 5.79. The van der Waals surface area contributed by atoms with E-state index in [2.05, 4.69) is 16.6 Å². The molecule has 2 atom stereocenters. The van der Waals surface area contributed by atoms with Crippen LogP contribution >= 0.6 is 0 Å². The van der Waals surface area contributed by atoms with Crippen molar-refractivity contribution in [2.45, 2.75) is 24.3 Å². The van der Waals surface area contributed by atoms with E-state index in [1.807, 2.05) is 0 Å². The van der Waals surface area contributed by atoms with E-state index in [0.717, 1.165) is 0 Å². The van der Waals surface area contributed by atoms with Crippen LogP contribution in [0.2, 0.25) is 0 Å². The molecule has 0 bridgehead atoms. The topological polar surface area (TPSA) is 83.5 Å². The molecule has 2 N–H and O–H groups in total. The SMILES string of the molecule is CC(CS(C)=O)NS(=O)(=O)c1cccc(C#CCCO)c1. The standard InChI is InChI=1S/C14H19NO4S2/c1-12(11-20(2)17)15-21(18,19)14-8-5-7-13(10-14)6-3-4-9-16/h5,7-8,10,12,15-16H,4,9,11H2,1-2H3. The lowest BCUT2D eigenvalue weighted by molar-refractivity contribution is 0.305. The molecule has 1 aromatic carbocycles. The van der Waals surface area contributed by atoms with Crippen molar-refractivity contribution in [2.24, 2.45) is 0 Å². The highest BCUT2D eigenvalue weighted by Gasteiger charge is 2.18. The molecule has 7 heteroatoms. The van der Waals surface area contributed by atoms with Gasteiger partial charge in [-0.3, -0.25) is 4.21 Å². The molecule has 1 rings (SSSR count). The Labute approximate surface area is 128 Å². The molecule has 0 aliphatic rings. The fourth-order valence-electron chi connectivity index (χ4n) is 1.68.